The zero-order valence-electron chi connectivity index (χ0n) is 15.7. The van der Waals surface area contributed by atoms with Crippen molar-refractivity contribution in [3.63, 3.8) is 0 Å². The van der Waals surface area contributed by atoms with E-state index < -0.39 is 10.0 Å². The van der Waals surface area contributed by atoms with E-state index in [4.69, 9.17) is 0 Å². The van der Waals surface area contributed by atoms with E-state index >= 15 is 0 Å². The topological polar surface area (TPSA) is 69.7 Å². The number of hydrogen-bond donors (Lipinski definition) is 1. The first kappa shape index (κ1) is 19.2. The molecule has 1 amide bonds. The number of carbonyl (C=O) groups excluding carboxylic acids is 1. The lowest BCUT2D eigenvalue weighted by Gasteiger charge is -2.39. The molecule has 148 valence electrons. The SMILES string of the molecule is CC1Sc2ccc(S(=O)(=O)N3CCC(N4CCCCC4)CC3)cc2NC1=O. The van der Waals surface area contributed by atoms with Crippen LogP contribution in [0.2, 0.25) is 0 Å². The minimum absolute atomic E-state index is 0.0793. The maximum atomic E-state index is 13.1. The molecule has 0 aromatic heterocycles. The fraction of sp³-hybridized carbons (Fsp3) is 0.632. The molecule has 3 heterocycles. The Morgan fingerprint density at radius 3 is 2.48 bits per heavy atom. The molecule has 3 aliphatic heterocycles. The van der Waals surface area contributed by atoms with E-state index in [9.17, 15) is 13.2 Å². The molecule has 0 spiro atoms. The number of thioether (sulfide) groups is 1. The third kappa shape index (κ3) is 3.90. The van der Waals surface area contributed by atoms with Crippen molar-refractivity contribution >= 4 is 33.4 Å². The van der Waals surface area contributed by atoms with Gasteiger partial charge in [0.2, 0.25) is 15.9 Å². The molecule has 0 aliphatic carbocycles. The van der Waals surface area contributed by atoms with Crippen LogP contribution in [0.15, 0.2) is 28.0 Å². The van der Waals surface area contributed by atoms with Crippen LogP contribution in [0.25, 0.3) is 0 Å². The Kier molecular flexibility index (Phi) is 5.51. The molecule has 1 N–H and O–H groups in total. The minimum Gasteiger partial charge on any atom is -0.324 e. The van der Waals surface area contributed by atoms with Gasteiger partial charge in [-0.25, -0.2) is 8.42 Å². The van der Waals surface area contributed by atoms with Crippen molar-refractivity contribution in [2.24, 2.45) is 0 Å². The number of likely N-dealkylation sites (tertiary alicyclic amines) is 1. The average molecular weight is 410 g/mol. The lowest BCUT2D eigenvalue weighted by Crippen LogP contribution is -2.48. The molecule has 0 bridgehead atoms. The molecule has 8 heteroatoms. The molecule has 1 atom stereocenters. The predicted molar refractivity (Wildman–Crippen MR) is 108 cm³/mol. The van der Waals surface area contributed by atoms with Gasteiger partial charge in [0.05, 0.1) is 15.8 Å². The summed E-state index contributed by atoms with van der Waals surface area (Å²) in [6.07, 6.45) is 5.63. The molecule has 1 aromatic carbocycles. The van der Waals surface area contributed by atoms with Gasteiger partial charge in [-0.2, -0.15) is 4.31 Å². The molecule has 2 fully saturated rings. The number of amides is 1. The van der Waals surface area contributed by atoms with Gasteiger partial charge in [-0.3, -0.25) is 4.79 Å². The number of benzene rings is 1. The van der Waals surface area contributed by atoms with Gasteiger partial charge in [0.25, 0.3) is 0 Å². The first-order valence-electron chi connectivity index (χ1n) is 9.81. The molecule has 2 saturated heterocycles. The van der Waals surface area contributed by atoms with Gasteiger partial charge in [-0.05, 0) is 63.9 Å². The molecule has 0 radical (unpaired) electrons. The summed E-state index contributed by atoms with van der Waals surface area (Å²) in [5, 5.41) is 2.67. The monoisotopic (exact) mass is 409 g/mol. The molecule has 6 nitrogen and oxygen atoms in total. The highest BCUT2D eigenvalue weighted by Crippen LogP contribution is 2.37. The Balaban J connectivity index is 1.46. The quantitative estimate of drug-likeness (QED) is 0.831. The number of anilines is 1. The predicted octanol–water partition coefficient (Wildman–Crippen LogP) is 2.76. The maximum absolute atomic E-state index is 13.1. The Hall–Kier alpha value is -1.09. The van der Waals surface area contributed by atoms with Crippen molar-refractivity contribution in [1.82, 2.24) is 9.21 Å². The molecule has 1 unspecified atom stereocenters. The van der Waals surface area contributed by atoms with Crippen molar-refractivity contribution in [2.45, 2.75) is 60.1 Å². The molecule has 0 saturated carbocycles. The second kappa shape index (κ2) is 7.73. The lowest BCUT2D eigenvalue weighted by molar-refractivity contribution is -0.115. The van der Waals surface area contributed by atoms with Crippen LogP contribution in [0, 0.1) is 0 Å². The third-order valence-electron chi connectivity index (χ3n) is 5.85. The van der Waals surface area contributed by atoms with Gasteiger partial charge in [-0.1, -0.05) is 6.42 Å². The van der Waals surface area contributed by atoms with Crippen molar-refractivity contribution in [3.8, 4) is 0 Å². The van der Waals surface area contributed by atoms with Gasteiger partial charge in [0.15, 0.2) is 0 Å². The van der Waals surface area contributed by atoms with E-state index in [-0.39, 0.29) is 16.1 Å². The van der Waals surface area contributed by atoms with E-state index in [0.29, 0.717) is 24.8 Å². The normalized spacial score (nSPS) is 25.8. The number of nitrogens with zero attached hydrogens (tertiary/aromatic N) is 2. The van der Waals surface area contributed by atoms with Gasteiger partial charge < -0.3 is 10.2 Å². The fourth-order valence-electron chi connectivity index (χ4n) is 4.23. The van der Waals surface area contributed by atoms with Crippen LogP contribution in [0.4, 0.5) is 5.69 Å². The smallest absolute Gasteiger partial charge is 0.243 e. The summed E-state index contributed by atoms with van der Waals surface area (Å²) in [6.45, 7) is 5.29. The average Bonchev–Trinajstić information content (AvgIpc) is 2.69. The van der Waals surface area contributed by atoms with Gasteiger partial charge in [-0.15, -0.1) is 11.8 Å². The van der Waals surface area contributed by atoms with Crippen molar-refractivity contribution in [2.75, 3.05) is 31.5 Å². The summed E-state index contributed by atoms with van der Waals surface area (Å²) in [5.74, 6) is -0.0793. The van der Waals surface area contributed by atoms with E-state index in [1.807, 2.05) is 13.0 Å². The van der Waals surface area contributed by atoms with Crippen molar-refractivity contribution in [3.05, 3.63) is 18.2 Å². The van der Waals surface area contributed by atoms with Crippen LogP contribution in [-0.2, 0) is 14.8 Å². The number of sulfonamides is 1. The van der Waals surface area contributed by atoms with E-state index in [1.54, 1.807) is 16.4 Å². The van der Waals surface area contributed by atoms with Crippen molar-refractivity contribution < 1.29 is 13.2 Å². The molecular formula is C19H27N3O3S2. The Bertz CT molecular complexity index is 813. The highest BCUT2D eigenvalue weighted by atomic mass is 32.2. The highest BCUT2D eigenvalue weighted by molar-refractivity contribution is 8.01. The van der Waals surface area contributed by atoms with Crippen LogP contribution in [0.1, 0.15) is 39.0 Å². The number of nitrogens with one attached hydrogen (secondary N) is 1. The Morgan fingerprint density at radius 2 is 1.78 bits per heavy atom. The summed E-state index contributed by atoms with van der Waals surface area (Å²) in [4.78, 5) is 15.6. The second-order valence-electron chi connectivity index (χ2n) is 7.64. The Labute approximate surface area is 165 Å². The number of fused-ring (bicyclic) bond motifs is 1. The standard InChI is InChI=1S/C19H27N3O3S2/c1-14-19(23)20-17-13-16(5-6-18(17)26-14)27(24,25)22-11-7-15(8-12-22)21-9-3-2-4-10-21/h5-6,13-15H,2-4,7-12H2,1H3,(H,20,23). The Morgan fingerprint density at radius 1 is 1.07 bits per heavy atom. The second-order valence-corrected chi connectivity index (χ2v) is 11.0. The van der Waals surface area contributed by atoms with Gasteiger partial charge in [0, 0.05) is 24.0 Å². The van der Waals surface area contributed by atoms with Crippen LogP contribution in [0.5, 0.6) is 0 Å². The fourth-order valence-corrected chi connectivity index (χ4v) is 6.66. The molecular weight excluding hydrogens is 382 g/mol. The molecule has 4 rings (SSSR count). The first-order valence-corrected chi connectivity index (χ1v) is 12.1. The number of carbonyl (C=O) groups is 1. The number of hydrogen-bond acceptors (Lipinski definition) is 5. The highest BCUT2D eigenvalue weighted by Gasteiger charge is 2.33. The number of rotatable bonds is 3. The lowest BCUT2D eigenvalue weighted by atomic mass is 10.0. The van der Waals surface area contributed by atoms with E-state index in [0.717, 1.165) is 30.8 Å². The summed E-state index contributed by atoms with van der Waals surface area (Å²) >= 11 is 1.46. The summed E-state index contributed by atoms with van der Waals surface area (Å²) in [7, 11) is -3.53. The molecule has 27 heavy (non-hydrogen) atoms. The summed E-state index contributed by atoms with van der Waals surface area (Å²) < 4.78 is 27.8. The van der Waals surface area contributed by atoms with Gasteiger partial charge >= 0.3 is 0 Å². The van der Waals surface area contributed by atoms with E-state index in [1.165, 1.54) is 31.0 Å². The first-order chi connectivity index (χ1) is 12.9. The largest absolute Gasteiger partial charge is 0.324 e. The van der Waals surface area contributed by atoms with Gasteiger partial charge in [0.1, 0.15) is 0 Å². The zero-order chi connectivity index (χ0) is 19.0. The van der Waals surface area contributed by atoms with E-state index in [2.05, 4.69) is 10.2 Å². The summed E-state index contributed by atoms with van der Waals surface area (Å²) in [6, 6.07) is 5.60. The molecule has 3 aliphatic rings. The maximum Gasteiger partial charge on any atom is 0.243 e. The van der Waals surface area contributed by atoms with Crippen LogP contribution in [0.3, 0.4) is 0 Å². The van der Waals surface area contributed by atoms with Crippen LogP contribution in [-0.4, -0.2) is 61.0 Å². The van der Waals surface area contributed by atoms with Crippen molar-refractivity contribution in [1.29, 1.82) is 0 Å². The zero-order valence-corrected chi connectivity index (χ0v) is 17.3. The summed E-state index contributed by atoms with van der Waals surface area (Å²) in [5.41, 5.74) is 0.604. The van der Waals surface area contributed by atoms with Crippen LogP contribution < -0.4 is 5.32 Å². The molecule has 1 aromatic rings. The van der Waals surface area contributed by atoms with Crippen LogP contribution >= 0.6 is 11.8 Å². The minimum atomic E-state index is -3.53. The number of piperidine rings is 2. The third-order valence-corrected chi connectivity index (χ3v) is 8.92.